The van der Waals surface area contributed by atoms with Gasteiger partial charge in [-0.05, 0) is 37.3 Å². The molecule has 0 aliphatic carbocycles. The number of carbonyl (C=O) groups is 1. The van der Waals surface area contributed by atoms with Gasteiger partial charge < -0.3 is 4.74 Å². The van der Waals surface area contributed by atoms with Crippen LogP contribution in [0.25, 0.3) is 10.6 Å². The van der Waals surface area contributed by atoms with Crippen LogP contribution in [0.3, 0.4) is 0 Å². The largest absolute Gasteiger partial charge is 0.493 e. The zero-order valence-electron chi connectivity index (χ0n) is 13.3. The summed E-state index contributed by atoms with van der Waals surface area (Å²) >= 11 is 7.32. The van der Waals surface area contributed by atoms with Gasteiger partial charge in [0.05, 0.1) is 27.7 Å². The third-order valence-corrected chi connectivity index (χ3v) is 4.50. The van der Waals surface area contributed by atoms with Crippen molar-refractivity contribution in [2.45, 2.75) is 6.92 Å². The van der Waals surface area contributed by atoms with Crippen LogP contribution in [0.1, 0.15) is 23.0 Å². The summed E-state index contributed by atoms with van der Waals surface area (Å²) in [5.41, 5.74) is 4.21. The summed E-state index contributed by atoms with van der Waals surface area (Å²) in [6.07, 6.45) is 1.54. The highest BCUT2D eigenvalue weighted by Crippen LogP contribution is 2.29. The van der Waals surface area contributed by atoms with Crippen molar-refractivity contribution in [2.24, 2.45) is 5.10 Å². The number of rotatable bonds is 6. The molecule has 3 rings (SSSR count). The molecule has 0 radical (unpaired) electrons. The summed E-state index contributed by atoms with van der Waals surface area (Å²) in [4.78, 5) is 13.0. The van der Waals surface area contributed by atoms with Gasteiger partial charge in [0.2, 0.25) is 0 Å². The summed E-state index contributed by atoms with van der Waals surface area (Å²) in [6, 6.07) is 12.8. The lowest BCUT2D eigenvalue weighted by atomic mass is 10.2. The monoisotopic (exact) mass is 374 g/mol. The van der Waals surface area contributed by atoms with Crippen LogP contribution in [-0.4, -0.2) is 28.9 Å². The Labute approximate surface area is 153 Å². The Morgan fingerprint density at radius 3 is 3.00 bits per heavy atom. The fourth-order valence-corrected chi connectivity index (χ4v) is 3.12. The van der Waals surface area contributed by atoms with Gasteiger partial charge in [0.15, 0.2) is 5.69 Å². The second kappa shape index (κ2) is 7.96. The van der Waals surface area contributed by atoms with E-state index in [-0.39, 0.29) is 5.69 Å². The van der Waals surface area contributed by atoms with E-state index in [1.165, 1.54) is 17.6 Å². The van der Waals surface area contributed by atoms with Crippen molar-refractivity contribution in [3.63, 3.8) is 0 Å². The molecule has 0 aliphatic rings. The molecule has 0 bridgehead atoms. The number of carbonyl (C=O) groups excluding carboxylic acids is 1. The predicted molar refractivity (Wildman–Crippen MR) is 99.6 cm³/mol. The quantitative estimate of drug-likeness (QED) is 0.506. The summed E-state index contributed by atoms with van der Waals surface area (Å²) in [5, 5.41) is 10.8. The molecule has 3 aromatic rings. The summed E-state index contributed by atoms with van der Waals surface area (Å²) < 4.78 is 6.18. The molecule has 128 valence electrons. The molecule has 0 aliphatic heterocycles. The molecule has 2 aromatic heterocycles. The highest BCUT2D eigenvalue weighted by atomic mass is 35.5. The van der Waals surface area contributed by atoms with Gasteiger partial charge in [-0.3, -0.25) is 9.89 Å². The molecule has 1 amide bonds. The molecule has 0 saturated carbocycles. The first-order valence-electron chi connectivity index (χ1n) is 7.53. The number of hydrogen-bond donors (Lipinski definition) is 2. The van der Waals surface area contributed by atoms with Crippen LogP contribution < -0.4 is 10.2 Å². The fraction of sp³-hybridized carbons (Fsp3) is 0.118. The molecule has 0 fully saturated rings. The topological polar surface area (TPSA) is 79.4 Å². The zero-order chi connectivity index (χ0) is 17.6. The van der Waals surface area contributed by atoms with Crippen LogP contribution in [0.15, 0.2) is 47.6 Å². The van der Waals surface area contributed by atoms with E-state index in [0.29, 0.717) is 16.7 Å². The Bertz CT molecular complexity index is 903. The number of amides is 1. The van der Waals surface area contributed by atoms with Gasteiger partial charge in [-0.15, -0.1) is 11.3 Å². The summed E-state index contributed by atoms with van der Waals surface area (Å²) in [5.74, 6) is 0.301. The standard InChI is InChI=1S/C17H15ClN4O2S/c1-2-24-14-6-4-3-5-11(14)10-19-22-17(23)13-9-12(20-21-13)15-7-8-16(18)25-15/h3-10H,2H2,1H3,(H,20,21)(H,22,23)/b19-10-. The van der Waals surface area contributed by atoms with Gasteiger partial charge in [0.1, 0.15) is 5.75 Å². The lowest BCUT2D eigenvalue weighted by Gasteiger charge is -2.05. The zero-order valence-corrected chi connectivity index (χ0v) is 14.9. The minimum atomic E-state index is -0.407. The predicted octanol–water partition coefficient (Wildman–Crippen LogP) is 3.95. The van der Waals surface area contributed by atoms with Crippen molar-refractivity contribution in [3.05, 3.63) is 58.1 Å². The molecule has 2 N–H and O–H groups in total. The van der Waals surface area contributed by atoms with Crippen molar-refractivity contribution in [3.8, 4) is 16.3 Å². The van der Waals surface area contributed by atoms with Crippen LogP contribution in [0.5, 0.6) is 5.75 Å². The summed E-state index contributed by atoms with van der Waals surface area (Å²) in [6.45, 7) is 2.46. The molecule has 25 heavy (non-hydrogen) atoms. The number of thiophene rings is 1. The Balaban J connectivity index is 1.66. The normalized spacial score (nSPS) is 11.0. The minimum Gasteiger partial charge on any atom is -0.493 e. The van der Waals surface area contributed by atoms with Crippen LogP contribution in [0.2, 0.25) is 4.34 Å². The smallest absolute Gasteiger partial charge is 0.291 e. The number of para-hydroxylation sites is 1. The van der Waals surface area contributed by atoms with Gasteiger partial charge in [-0.25, -0.2) is 5.43 Å². The number of H-pyrrole nitrogens is 1. The van der Waals surface area contributed by atoms with E-state index in [0.717, 1.165) is 16.1 Å². The SMILES string of the molecule is CCOc1ccccc1/C=N\NC(=O)c1cc(-c2ccc(Cl)s2)[nH]n1. The van der Waals surface area contributed by atoms with E-state index in [2.05, 4.69) is 20.7 Å². The maximum Gasteiger partial charge on any atom is 0.291 e. The molecule has 6 nitrogen and oxygen atoms in total. The number of hydrazone groups is 1. The van der Waals surface area contributed by atoms with E-state index in [1.54, 1.807) is 12.1 Å². The number of aromatic amines is 1. The molecule has 8 heteroatoms. The number of halogens is 1. The van der Waals surface area contributed by atoms with Crippen molar-refractivity contribution in [1.82, 2.24) is 15.6 Å². The number of nitrogens with one attached hydrogen (secondary N) is 2. The van der Waals surface area contributed by atoms with E-state index >= 15 is 0 Å². The first-order valence-corrected chi connectivity index (χ1v) is 8.73. The molecule has 2 heterocycles. The number of ether oxygens (including phenoxy) is 1. The van der Waals surface area contributed by atoms with Crippen molar-refractivity contribution in [1.29, 1.82) is 0 Å². The number of hydrogen-bond acceptors (Lipinski definition) is 5. The van der Waals surface area contributed by atoms with Gasteiger partial charge in [-0.2, -0.15) is 10.2 Å². The first-order chi connectivity index (χ1) is 12.2. The highest BCUT2D eigenvalue weighted by Gasteiger charge is 2.12. The molecule has 0 saturated heterocycles. The second-order valence-electron chi connectivity index (χ2n) is 4.94. The maximum absolute atomic E-state index is 12.1. The molecule has 0 atom stereocenters. The first kappa shape index (κ1) is 17.2. The third kappa shape index (κ3) is 4.26. The van der Waals surface area contributed by atoms with Crippen LogP contribution in [-0.2, 0) is 0 Å². The van der Waals surface area contributed by atoms with E-state index in [1.807, 2.05) is 37.3 Å². The van der Waals surface area contributed by atoms with Crippen LogP contribution in [0.4, 0.5) is 0 Å². The molecular formula is C17H15ClN4O2S. The minimum absolute atomic E-state index is 0.245. The van der Waals surface area contributed by atoms with E-state index in [9.17, 15) is 4.79 Å². The molecule has 1 aromatic carbocycles. The Morgan fingerprint density at radius 1 is 1.40 bits per heavy atom. The maximum atomic E-state index is 12.1. The summed E-state index contributed by atoms with van der Waals surface area (Å²) in [7, 11) is 0. The Kier molecular flexibility index (Phi) is 5.47. The Hall–Kier alpha value is -2.64. The highest BCUT2D eigenvalue weighted by molar-refractivity contribution is 7.19. The van der Waals surface area contributed by atoms with E-state index in [4.69, 9.17) is 16.3 Å². The Morgan fingerprint density at radius 2 is 2.24 bits per heavy atom. The fourth-order valence-electron chi connectivity index (χ4n) is 2.12. The van der Waals surface area contributed by atoms with Gasteiger partial charge in [0, 0.05) is 5.56 Å². The molecular weight excluding hydrogens is 360 g/mol. The molecule has 0 spiro atoms. The average Bonchev–Trinajstić information content (AvgIpc) is 3.25. The number of aromatic nitrogens is 2. The average molecular weight is 375 g/mol. The number of nitrogens with zero attached hydrogens (tertiary/aromatic N) is 2. The van der Waals surface area contributed by atoms with Crippen LogP contribution >= 0.6 is 22.9 Å². The van der Waals surface area contributed by atoms with Crippen molar-refractivity contribution < 1.29 is 9.53 Å². The molecule has 0 unspecified atom stereocenters. The lowest BCUT2D eigenvalue weighted by molar-refractivity contribution is 0.0950. The second-order valence-corrected chi connectivity index (χ2v) is 6.66. The van der Waals surface area contributed by atoms with Gasteiger partial charge in [-0.1, -0.05) is 23.7 Å². The van der Waals surface area contributed by atoms with Crippen molar-refractivity contribution >= 4 is 35.1 Å². The lowest BCUT2D eigenvalue weighted by Crippen LogP contribution is -2.18. The number of benzene rings is 1. The van der Waals surface area contributed by atoms with Crippen molar-refractivity contribution in [2.75, 3.05) is 6.61 Å². The third-order valence-electron chi connectivity index (χ3n) is 3.24. The van der Waals surface area contributed by atoms with Crippen LogP contribution in [0, 0.1) is 0 Å². The van der Waals surface area contributed by atoms with E-state index < -0.39 is 5.91 Å². The van der Waals surface area contributed by atoms with Gasteiger partial charge in [0.25, 0.3) is 5.91 Å². The van der Waals surface area contributed by atoms with Gasteiger partial charge >= 0.3 is 0 Å².